The minimum Gasteiger partial charge on any atom is -0.352 e. The molecular formula is C24H21ClFN3O. The number of fused-ring (bicyclic) bond motifs is 1. The predicted octanol–water partition coefficient (Wildman–Crippen LogP) is 5.24. The summed E-state index contributed by atoms with van der Waals surface area (Å²) in [5.74, 6) is 0.00506. The average molecular weight is 422 g/mol. The lowest BCUT2D eigenvalue weighted by Gasteiger charge is -2.11. The third-order valence-corrected chi connectivity index (χ3v) is 5.37. The molecule has 0 saturated heterocycles. The van der Waals surface area contributed by atoms with Gasteiger partial charge in [-0.05, 0) is 42.3 Å². The highest BCUT2D eigenvalue weighted by Crippen LogP contribution is 2.22. The summed E-state index contributed by atoms with van der Waals surface area (Å²) < 4.78 is 15.9. The van der Waals surface area contributed by atoms with Gasteiger partial charge >= 0.3 is 0 Å². The third kappa shape index (κ3) is 4.36. The highest BCUT2D eigenvalue weighted by atomic mass is 35.5. The zero-order valence-electron chi connectivity index (χ0n) is 16.3. The van der Waals surface area contributed by atoms with Crippen LogP contribution in [0.4, 0.5) is 4.39 Å². The van der Waals surface area contributed by atoms with E-state index in [1.807, 2.05) is 48.5 Å². The Morgan fingerprint density at radius 1 is 1.00 bits per heavy atom. The van der Waals surface area contributed by atoms with Crippen molar-refractivity contribution < 1.29 is 9.18 Å². The molecule has 0 fully saturated rings. The number of nitrogens with one attached hydrogen (secondary N) is 1. The number of amides is 1. The Kier molecular flexibility index (Phi) is 6.10. The van der Waals surface area contributed by atoms with Crippen molar-refractivity contribution in [3.63, 3.8) is 0 Å². The fourth-order valence-corrected chi connectivity index (χ4v) is 3.67. The largest absolute Gasteiger partial charge is 0.352 e. The summed E-state index contributed by atoms with van der Waals surface area (Å²) in [4.78, 5) is 17.0. The van der Waals surface area contributed by atoms with Crippen LogP contribution >= 0.6 is 11.6 Å². The van der Waals surface area contributed by atoms with Crippen molar-refractivity contribution in [1.29, 1.82) is 0 Å². The molecule has 4 rings (SSSR count). The fraction of sp³-hybridized carbons (Fsp3) is 0.167. The van der Waals surface area contributed by atoms with E-state index in [0.717, 1.165) is 27.4 Å². The molecular weight excluding hydrogens is 401 g/mol. The number of hydrogen-bond donors (Lipinski definition) is 1. The van der Waals surface area contributed by atoms with E-state index in [4.69, 9.17) is 16.6 Å². The molecule has 6 heteroatoms. The van der Waals surface area contributed by atoms with Crippen LogP contribution in [0.1, 0.15) is 28.2 Å². The van der Waals surface area contributed by atoms with Crippen LogP contribution in [0.3, 0.4) is 0 Å². The molecule has 0 bridgehead atoms. The minimum atomic E-state index is -0.517. The van der Waals surface area contributed by atoms with Crippen molar-refractivity contribution in [3.05, 3.63) is 101 Å². The van der Waals surface area contributed by atoms with Gasteiger partial charge in [-0.3, -0.25) is 4.79 Å². The Bertz CT molecular complexity index is 1190. The van der Waals surface area contributed by atoms with Gasteiger partial charge in [0.05, 0.1) is 23.1 Å². The lowest BCUT2D eigenvalue weighted by Crippen LogP contribution is -2.25. The minimum absolute atomic E-state index is 0.0588. The standard InChI is InChI=1S/C24H21ClFN3O/c25-19-10-3-1-8-17(19)16-29-22-13-6-5-12-21(22)28-23(29)14-7-15-27-24(30)18-9-2-4-11-20(18)26/h1-6,8-13H,7,14-16H2,(H,27,30). The highest BCUT2D eigenvalue weighted by Gasteiger charge is 2.13. The van der Waals surface area contributed by atoms with Crippen LogP contribution in [0.2, 0.25) is 5.02 Å². The summed E-state index contributed by atoms with van der Waals surface area (Å²) in [5, 5.41) is 3.51. The van der Waals surface area contributed by atoms with Crippen LogP contribution in [-0.4, -0.2) is 22.0 Å². The van der Waals surface area contributed by atoms with Gasteiger partial charge in [-0.1, -0.05) is 54.1 Å². The predicted molar refractivity (Wildman–Crippen MR) is 117 cm³/mol. The maximum Gasteiger partial charge on any atom is 0.254 e. The zero-order valence-corrected chi connectivity index (χ0v) is 17.1. The molecule has 0 unspecified atom stereocenters. The monoisotopic (exact) mass is 421 g/mol. The Labute approximate surface area is 179 Å². The molecule has 30 heavy (non-hydrogen) atoms. The number of imidazole rings is 1. The topological polar surface area (TPSA) is 46.9 Å². The van der Waals surface area contributed by atoms with Crippen molar-refractivity contribution in [2.45, 2.75) is 19.4 Å². The molecule has 0 aliphatic rings. The zero-order chi connectivity index (χ0) is 20.9. The second-order valence-corrected chi connectivity index (χ2v) is 7.44. The first-order valence-corrected chi connectivity index (χ1v) is 10.2. The molecule has 1 aromatic heterocycles. The van der Waals surface area contributed by atoms with Crippen LogP contribution < -0.4 is 5.32 Å². The van der Waals surface area contributed by atoms with E-state index in [9.17, 15) is 9.18 Å². The first-order valence-electron chi connectivity index (χ1n) is 9.84. The van der Waals surface area contributed by atoms with Crippen molar-refractivity contribution in [2.24, 2.45) is 0 Å². The number of hydrogen-bond acceptors (Lipinski definition) is 2. The molecule has 0 aliphatic heterocycles. The molecule has 152 valence electrons. The van der Waals surface area contributed by atoms with Crippen LogP contribution in [0.25, 0.3) is 11.0 Å². The Morgan fingerprint density at radius 3 is 2.57 bits per heavy atom. The summed E-state index contributed by atoms with van der Waals surface area (Å²) in [6, 6.07) is 21.7. The summed E-state index contributed by atoms with van der Waals surface area (Å²) in [7, 11) is 0. The fourth-order valence-electron chi connectivity index (χ4n) is 3.48. The number of nitrogens with zero attached hydrogens (tertiary/aromatic N) is 2. The van der Waals surface area contributed by atoms with Gasteiger partial charge < -0.3 is 9.88 Å². The van der Waals surface area contributed by atoms with E-state index in [1.165, 1.54) is 12.1 Å². The van der Waals surface area contributed by atoms with E-state index < -0.39 is 11.7 Å². The van der Waals surface area contributed by atoms with Crippen LogP contribution in [0, 0.1) is 5.82 Å². The van der Waals surface area contributed by atoms with E-state index in [2.05, 4.69) is 9.88 Å². The van der Waals surface area contributed by atoms with Crippen LogP contribution in [0.15, 0.2) is 72.8 Å². The van der Waals surface area contributed by atoms with Gasteiger partial charge in [0.15, 0.2) is 0 Å². The first-order chi connectivity index (χ1) is 14.6. The maximum atomic E-state index is 13.7. The molecule has 1 N–H and O–H groups in total. The smallest absolute Gasteiger partial charge is 0.254 e. The molecule has 0 saturated carbocycles. The van der Waals surface area contributed by atoms with Gasteiger partial charge in [0.1, 0.15) is 11.6 Å². The second kappa shape index (κ2) is 9.09. The van der Waals surface area contributed by atoms with Crippen molar-refractivity contribution in [2.75, 3.05) is 6.54 Å². The first kappa shape index (κ1) is 20.1. The summed E-state index contributed by atoms with van der Waals surface area (Å²) in [6.07, 6.45) is 1.36. The third-order valence-electron chi connectivity index (χ3n) is 5.00. The summed E-state index contributed by atoms with van der Waals surface area (Å²) in [6.45, 7) is 1.06. The molecule has 0 atom stereocenters. The van der Waals surface area contributed by atoms with Crippen LogP contribution in [-0.2, 0) is 13.0 Å². The number of carbonyl (C=O) groups excluding carboxylic acids is 1. The molecule has 3 aromatic carbocycles. The molecule has 4 nitrogen and oxygen atoms in total. The van der Waals surface area contributed by atoms with Gasteiger partial charge in [-0.2, -0.15) is 0 Å². The number of aryl methyl sites for hydroxylation is 1. The quantitative estimate of drug-likeness (QED) is 0.415. The number of benzene rings is 3. The van der Waals surface area contributed by atoms with Crippen molar-refractivity contribution in [1.82, 2.24) is 14.9 Å². The Hall–Kier alpha value is -3.18. The lowest BCUT2D eigenvalue weighted by atomic mass is 10.2. The van der Waals surface area contributed by atoms with Gasteiger partial charge in [0.2, 0.25) is 0 Å². The molecule has 0 spiro atoms. The van der Waals surface area contributed by atoms with Crippen molar-refractivity contribution in [3.8, 4) is 0 Å². The maximum absolute atomic E-state index is 13.7. The molecule has 1 amide bonds. The van der Waals surface area contributed by atoms with Crippen molar-refractivity contribution >= 4 is 28.5 Å². The molecule has 0 radical (unpaired) electrons. The number of para-hydroxylation sites is 2. The normalized spacial score (nSPS) is 11.0. The number of aromatic nitrogens is 2. The number of halogens is 2. The van der Waals surface area contributed by atoms with Crippen LogP contribution in [0.5, 0.6) is 0 Å². The molecule has 4 aromatic rings. The second-order valence-electron chi connectivity index (χ2n) is 7.03. The number of rotatable bonds is 7. The Morgan fingerprint density at radius 2 is 1.73 bits per heavy atom. The highest BCUT2D eigenvalue weighted by molar-refractivity contribution is 6.31. The van der Waals surface area contributed by atoms with E-state index in [1.54, 1.807) is 12.1 Å². The van der Waals surface area contributed by atoms with E-state index >= 15 is 0 Å². The lowest BCUT2D eigenvalue weighted by molar-refractivity contribution is 0.0949. The van der Waals surface area contributed by atoms with E-state index in [0.29, 0.717) is 25.9 Å². The van der Waals surface area contributed by atoms with Gasteiger partial charge in [0, 0.05) is 18.0 Å². The SMILES string of the molecule is O=C(NCCCc1nc2ccccc2n1Cc1ccccc1Cl)c1ccccc1F. The van der Waals surface area contributed by atoms with Gasteiger partial charge in [0.25, 0.3) is 5.91 Å². The summed E-state index contributed by atoms with van der Waals surface area (Å²) >= 11 is 6.37. The van der Waals surface area contributed by atoms with E-state index in [-0.39, 0.29) is 5.56 Å². The summed E-state index contributed by atoms with van der Waals surface area (Å²) in [5.41, 5.74) is 3.05. The van der Waals surface area contributed by atoms with Gasteiger partial charge in [-0.25, -0.2) is 9.37 Å². The molecule has 1 heterocycles. The Balaban J connectivity index is 1.47. The average Bonchev–Trinajstić information content (AvgIpc) is 3.10. The number of carbonyl (C=O) groups is 1. The van der Waals surface area contributed by atoms with Gasteiger partial charge in [-0.15, -0.1) is 0 Å². The molecule has 0 aliphatic carbocycles.